The van der Waals surface area contributed by atoms with E-state index in [4.69, 9.17) is 0 Å². The van der Waals surface area contributed by atoms with E-state index in [1.54, 1.807) is 14.0 Å². The Morgan fingerprint density at radius 3 is 2.60 bits per heavy atom. The monoisotopic (exact) mass is 302 g/mol. The molecule has 7 heteroatoms. The molecule has 2 N–H and O–H groups in total. The quantitative estimate of drug-likeness (QED) is 0.680. The second-order valence-corrected chi connectivity index (χ2v) is 6.92. The molecule has 1 aromatic rings. The SMILES string of the molecule is CCCCCN(C)S(=O)(=O)c1c(CNCC)n[nH]c1C. The number of nitrogens with one attached hydrogen (secondary N) is 2. The summed E-state index contributed by atoms with van der Waals surface area (Å²) in [5, 5.41) is 10.00. The predicted octanol–water partition coefficient (Wildman–Crippen LogP) is 1.64. The molecule has 0 aromatic carbocycles. The number of sulfonamides is 1. The summed E-state index contributed by atoms with van der Waals surface area (Å²) in [5.41, 5.74) is 1.16. The Hall–Kier alpha value is -0.920. The molecule has 0 bridgehead atoms. The van der Waals surface area contributed by atoms with Crippen molar-refractivity contribution >= 4 is 10.0 Å². The second kappa shape index (κ2) is 7.75. The summed E-state index contributed by atoms with van der Waals surface area (Å²) in [5.74, 6) is 0. The third-order valence-electron chi connectivity index (χ3n) is 3.25. The van der Waals surface area contributed by atoms with Gasteiger partial charge in [-0.2, -0.15) is 5.10 Å². The first-order chi connectivity index (χ1) is 9.45. The smallest absolute Gasteiger partial charge is 0.246 e. The summed E-state index contributed by atoms with van der Waals surface area (Å²) in [6.45, 7) is 7.60. The van der Waals surface area contributed by atoms with Crippen molar-refractivity contribution in [3.05, 3.63) is 11.4 Å². The van der Waals surface area contributed by atoms with Gasteiger partial charge in [0.2, 0.25) is 10.0 Å². The minimum Gasteiger partial charge on any atom is -0.311 e. The maximum absolute atomic E-state index is 12.6. The molecule has 20 heavy (non-hydrogen) atoms. The van der Waals surface area contributed by atoms with Crippen LogP contribution in [0.1, 0.15) is 44.5 Å². The van der Waals surface area contributed by atoms with E-state index in [1.807, 2.05) is 6.92 Å². The second-order valence-electron chi connectivity index (χ2n) is 4.94. The summed E-state index contributed by atoms with van der Waals surface area (Å²) in [6, 6.07) is 0. The standard InChI is InChI=1S/C13H26N4O2S/c1-5-7-8-9-17(4)20(18,19)13-11(3)15-16-12(13)10-14-6-2/h14H,5-10H2,1-4H3,(H,15,16). The van der Waals surface area contributed by atoms with Gasteiger partial charge in [0.05, 0.1) is 11.4 Å². The molecule has 6 nitrogen and oxygen atoms in total. The largest absolute Gasteiger partial charge is 0.311 e. The summed E-state index contributed by atoms with van der Waals surface area (Å²) in [7, 11) is -1.83. The molecular formula is C13H26N4O2S. The van der Waals surface area contributed by atoms with Crippen LogP contribution in [0.25, 0.3) is 0 Å². The van der Waals surface area contributed by atoms with E-state index in [9.17, 15) is 8.42 Å². The van der Waals surface area contributed by atoms with Gasteiger partial charge in [-0.05, 0) is 19.9 Å². The van der Waals surface area contributed by atoms with Gasteiger partial charge < -0.3 is 5.32 Å². The van der Waals surface area contributed by atoms with Crippen LogP contribution in [0.15, 0.2) is 4.90 Å². The van der Waals surface area contributed by atoms with Crippen molar-refractivity contribution in [2.75, 3.05) is 20.1 Å². The number of aromatic nitrogens is 2. The number of hydrogen-bond donors (Lipinski definition) is 2. The van der Waals surface area contributed by atoms with Crippen molar-refractivity contribution in [3.63, 3.8) is 0 Å². The van der Waals surface area contributed by atoms with Crippen LogP contribution in [0.3, 0.4) is 0 Å². The van der Waals surface area contributed by atoms with Gasteiger partial charge in [0.25, 0.3) is 0 Å². The van der Waals surface area contributed by atoms with Crippen LogP contribution in [-0.2, 0) is 16.6 Å². The number of aromatic amines is 1. The van der Waals surface area contributed by atoms with Crippen molar-refractivity contribution in [2.45, 2.75) is 51.5 Å². The zero-order chi connectivity index (χ0) is 15.2. The Balaban J connectivity index is 2.93. The van der Waals surface area contributed by atoms with E-state index in [0.29, 0.717) is 29.4 Å². The average molecular weight is 302 g/mol. The topological polar surface area (TPSA) is 78.1 Å². The molecule has 0 spiro atoms. The van der Waals surface area contributed by atoms with Gasteiger partial charge in [-0.1, -0.05) is 26.7 Å². The van der Waals surface area contributed by atoms with Crippen LogP contribution in [0.4, 0.5) is 0 Å². The van der Waals surface area contributed by atoms with Crippen LogP contribution in [0.2, 0.25) is 0 Å². The molecule has 0 aliphatic heterocycles. The van der Waals surface area contributed by atoms with Crippen LogP contribution >= 0.6 is 0 Å². The van der Waals surface area contributed by atoms with Gasteiger partial charge in [-0.25, -0.2) is 12.7 Å². The Labute approximate surface area is 122 Å². The van der Waals surface area contributed by atoms with Crippen molar-refractivity contribution < 1.29 is 8.42 Å². The average Bonchev–Trinajstić information content (AvgIpc) is 2.78. The van der Waals surface area contributed by atoms with E-state index in [2.05, 4.69) is 22.4 Å². The highest BCUT2D eigenvalue weighted by atomic mass is 32.2. The molecule has 1 aromatic heterocycles. The normalized spacial score (nSPS) is 12.2. The lowest BCUT2D eigenvalue weighted by atomic mass is 10.2. The highest BCUT2D eigenvalue weighted by Gasteiger charge is 2.27. The molecular weight excluding hydrogens is 276 g/mol. The highest BCUT2D eigenvalue weighted by molar-refractivity contribution is 7.89. The maximum Gasteiger partial charge on any atom is 0.246 e. The Bertz CT molecular complexity index is 510. The van der Waals surface area contributed by atoms with Crippen molar-refractivity contribution in [3.8, 4) is 0 Å². The maximum atomic E-state index is 12.6. The predicted molar refractivity (Wildman–Crippen MR) is 80.0 cm³/mol. The fraction of sp³-hybridized carbons (Fsp3) is 0.769. The Morgan fingerprint density at radius 1 is 1.30 bits per heavy atom. The first-order valence-corrected chi connectivity index (χ1v) is 8.60. The third kappa shape index (κ3) is 4.04. The lowest BCUT2D eigenvalue weighted by Gasteiger charge is -2.17. The van der Waals surface area contributed by atoms with Gasteiger partial charge >= 0.3 is 0 Å². The van der Waals surface area contributed by atoms with Gasteiger partial charge in [-0.3, -0.25) is 5.10 Å². The van der Waals surface area contributed by atoms with E-state index < -0.39 is 10.0 Å². The minimum atomic E-state index is -3.47. The summed E-state index contributed by atoms with van der Waals surface area (Å²) >= 11 is 0. The number of hydrogen-bond acceptors (Lipinski definition) is 4. The van der Waals surface area contributed by atoms with E-state index in [1.165, 1.54) is 4.31 Å². The molecule has 0 saturated carbocycles. The molecule has 0 fully saturated rings. The van der Waals surface area contributed by atoms with Crippen molar-refractivity contribution in [1.29, 1.82) is 0 Å². The van der Waals surface area contributed by atoms with Crippen LogP contribution in [0.5, 0.6) is 0 Å². The summed E-state index contributed by atoms with van der Waals surface area (Å²) < 4.78 is 26.7. The van der Waals surface area contributed by atoms with E-state index in [0.717, 1.165) is 25.8 Å². The van der Waals surface area contributed by atoms with Crippen LogP contribution in [-0.4, -0.2) is 43.1 Å². The molecule has 1 rings (SSSR count). The minimum absolute atomic E-state index is 0.317. The fourth-order valence-electron chi connectivity index (χ4n) is 2.04. The lowest BCUT2D eigenvalue weighted by Crippen LogP contribution is -2.29. The highest BCUT2D eigenvalue weighted by Crippen LogP contribution is 2.21. The van der Waals surface area contributed by atoms with Crippen LogP contribution in [0, 0.1) is 6.92 Å². The summed E-state index contributed by atoms with van der Waals surface area (Å²) in [4.78, 5) is 0.317. The van der Waals surface area contributed by atoms with Gasteiger partial charge in [-0.15, -0.1) is 0 Å². The Morgan fingerprint density at radius 2 is 2.00 bits per heavy atom. The van der Waals surface area contributed by atoms with Crippen molar-refractivity contribution in [1.82, 2.24) is 19.8 Å². The van der Waals surface area contributed by atoms with Gasteiger partial charge in [0.1, 0.15) is 4.90 Å². The van der Waals surface area contributed by atoms with E-state index in [-0.39, 0.29) is 0 Å². The zero-order valence-electron chi connectivity index (χ0n) is 12.9. The molecule has 0 unspecified atom stereocenters. The molecule has 0 aliphatic rings. The number of H-pyrrole nitrogens is 1. The lowest BCUT2D eigenvalue weighted by molar-refractivity contribution is 0.453. The number of aryl methyl sites for hydroxylation is 1. The van der Waals surface area contributed by atoms with Gasteiger partial charge in [0.15, 0.2) is 0 Å². The van der Waals surface area contributed by atoms with Gasteiger partial charge in [0, 0.05) is 20.1 Å². The third-order valence-corrected chi connectivity index (χ3v) is 5.31. The number of unbranched alkanes of at least 4 members (excludes halogenated alkanes) is 2. The first kappa shape index (κ1) is 17.1. The van der Waals surface area contributed by atoms with E-state index >= 15 is 0 Å². The molecule has 0 saturated heterocycles. The van der Waals surface area contributed by atoms with Crippen molar-refractivity contribution in [2.24, 2.45) is 0 Å². The number of nitrogens with zero attached hydrogens (tertiary/aromatic N) is 2. The molecule has 0 aliphatic carbocycles. The zero-order valence-corrected chi connectivity index (χ0v) is 13.7. The summed E-state index contributed by atoms with van der Waals surface area (Å²) in [6.07, 6.45) is 2.99. The number of rotatable bonds is 9. The molecule has 0 amide bonds. The Kier molecular flexibility index (Phi) is 6.64. The fourth-order valence-corrected chi connectivity index (χ4v) is 3.56. The molecule has 0 radical (unpaired) electrons. The first-order valence-electron chi connectivity index (χ1n) is 7.16. The molecule has 116 valence electrons. The van der Waals surface area contributed by atoms with Crippen LogP contribution < -0.4 is 5.32 Å². The molecule has 0 atom stereocenters. The molecule has 1 heterocycles.